The minimum absolute atomic E-state index is 0.314. The molecule has 0 bridgehead atoms. The number of nitrogens with zero attached hydrogens (tertiary/aromatic N) is 1. The summed E-state index contributed by atoms with van der Waals surface area (Å²) >= 11 is 0. The summed E-state index contributed by atoms with van der Waals surface area (Å²) in [6.07, 6.45) is 5.95. The summed E-state index contributed by atoms with van der Waals surface area (Å²) in [5, 5.41) is 0. The Kier molecular flexibility index (Phi) is 6.19. The average molecular weight is 250 g/mol. The van der Waals surface area contributed by atoms with Crippen molar-refractivity contribution in [3.05, 3.63) is 24.0 Å². The molecule has 18 heavy (non-hydrogen) atoms. The second kappa shape index (κ2) is 7.69. The van der Waals surface area contributed by atoms with Crippen LogP contribution in [0.4, 0.5) is 5.69 Å². The minimum Gasteiger partial charge on any atom is -0.461 e. The molecule has 0 aliphatic carbocycles. The lowest BCUT2D eigenvalue weighted by Gasteiger charge is -2.14. The Morgan fingerprint density at radius 3 is 2.78 bits per heavy atom. The standard InChI is InChI=1S/C14H22N2O2/c1-3-5-6-11(4-2)10-18-14(17)13-8-7-12(15)9-16-13/h7-9,11H,3-6,10,15H2,1-2H3. The number of nitrogens with two attached hydrogens (primary N) is 1. The fourth-order valence-corrected chi connectivity index (χ4v) is 1.69. The predicted molar refractivity (Wildman–Crippen MR) is 72.2 cm³/mol. The molecule has 0 amide bonds. The Bertz CT molecular complexity index is 363. The van der Waals surface area contributed by atoms with Gasteiger partial charge < -0.3 is 10.5 Å². The van der Waals surface area contributed by atoms with E-state index in [1.807, 2.05) is 0 Å². The zero-order valence-corrected chi connectivity index (χ0v) is 11.2. The highest BCUT2D eigenvalue weighted by Gasteiger charge is 2.12. The zero-order chi connectivity index (χ0) is 13.4. The van der Waals surface area contributed by atoms with Crippen molar-refractivity contribution in [1.29, 1.82) is 0 Å². The molecule has 2 N–H and O–H groups in total. The fourth-order valence-electron chi connectivity index (χ4n) is 1.69. The summed E-state index contributed by atoms with van der Waals surface area (Å²) in [4.78, 5) is 15.7. The monoisotopic (exact) mass is 250 g/mol. The van der Waals surface area contributed by atoms with Crippen molar-refractivity contribution in [3.63, 3.8) is 0 Å². The smallest absolute Gasteiger partial charge is 0.356 e. The van der Waals surface area contributed by atoms with E-state index in [9.17, 15) is 4.79 Å². The van der Waals surface area contributed by atoms with Gasteiger partial charge in [0.25, 0.3) is 0 Å². The van der Waals surface area contributed by atoms with Crippen LogP contribution in [0.15, 0.2) is 18.3 Å². The Hall–Kier alpha value is -1.58. The van der Waals surface area contributed by atoms with Crippen LogP contribution in [0.5, 0.6) is 0 Å². The van der Waals surface area contributed by atoms with Crippen LogP contribution in [0.2, 0.25) is 0 Å². The van der Waals surface area contributed by atoms with E-state index in [-0.39, 0.29) is 5.97 Å². The van der Waals surface area contributed by atoms with E-state index in [4.69, 9.17) is 10.5 Å². The maximum atomic E-state index is 11.7. The molecule has 4 heteroatoms. The number of carbonyl (C=O) groups is 1. The topological polar surface area (TPSA) is 65.2 Å². The fraction of sp³-hybridized carbons (Fsp3) is 0.571. The summed E-state index contributed by atoms with van der Waals surface area (Å²) in [6, 6.07) is 3.24. The van der Waals surface area contributed by atoms with Gasteiger partial charge in [0.05, 0.1) is 18.5 Å². The van der Waals surface area contributed by atoms with Crippen molar-refractivity contribution >= 4 is 11.7 Å². The van der Waals surface area contributed by atoms with E-state index < -0.39 is 0 Å². The highest BCUT2D eigenvalue weighted by Crippen LogP contribution is 2.13. The van der Waals surface area contributed by atoms with Crippen LogP contribution in [0.1, 0.15) is 50.0 Å². The third kappa shape index (κ3) is 4.73. The number of carbonyl (C=O) groups excluding carboxylic acids is 1. The molecule has 1 unspecified atom stereocenters. The van der Waals surface area contributed by atoms with Gasteiger partial charge in [0.2, 0.25) is 0 Å². The molecular formula is C14H22N2O2. The molecule has 1 atom stereocenters. The molecule has 0 saturated carbocycles. The van der Waals surface area contributed by atoms with Crippen LogP contribution in [-0.2, 0) is 4.74 Å². The van der Waals surface area contributed by atoms with Gasteiger partial charge in [-0.1, -0.05) is 33.1 Å². The van der Waals surface area contributed by atoms with Crippen molar-refractivity contribution in [1.82, 2.24) is 4.98 Å². The molecule has 1 aromatic rings. The Labute approximate surface area is 109 Å². The van der Waals surface area contributed by atoms with Crippen molar-refractivity contribution in [2.24, 2.45) is 5.92 Å². The van der Waals surface area contributed by atoms with Crippen LogP contribution in [0.3, 0.4) is 0 Å². The average Bonchev–Trinajstić information content (AvgIpc) is 2.39. The van der Waals surface area contributed by atoms with E-state index in [2.05, 4.69) is 18.8 Å². The van der Waals surface area contributed by atoms with Gasteiger partial charge in [0, 0.05) is 0 Å². The predicted octanol–water partition coefficient (Wildman–Crippen LogP) is 3.04. The van der Waals surface area contributed by atoms with Gasteiger partial charge >= 0.3 is 5.97 Å². The SMILES string of the molecule is CCCCC(CC)COC(=O)c1ccc(N)cn1. The molecule has 0 aliphatic heterocycles. The maximum absolute atomic E-state index is 11.7. The number of ether oxygens (including phenoxy) is 1. The zero-order valence-electron chi connectivity index (χ0n) is 11.2. The van der Waals surface area contributed by atoms with Crippen molar-refractivity contribution in [2.45, 2.75) is 39.5 Å². The molecule has 0 aromatic carbocycles. The lowest BCUT2D eigenvalue weighted by Crippen LogP contribution is -2.15. The summed E-state index contributed by atoms with van der Waals surface area (Å²) in [7, 11) is 0. The van der Waals surface area contributed by atoms with Crippen LogP contribution in [-0.4, -0.2) is 17.6 Å². The Morgan fingerprint density at radius 1 is 1.44 bits per heavy atom. The van der Waals surface area contributed by atoms with Gasteiger partial charge in [-0.2, -0.15) is 0 Å². The van der Waals surface area contributed by atoms with Gasteiger partial charge in [-0.3, -0.25) is 0 Å². The maximum Gasteiger partial charge on any atom is 0.356 e. The number of nitrogen functional groups attached to an aromatic ring is 1. The van der Waals surface area contributed by atoms with Crippen LogP contribution in [0.25, 0.3) is 0 Å². The first-order valence-corrected chi connectivity index (χ1v) is 6.56. The van der Waals surface area contributed by atoms with Crippen LogP contribution in [0, 0.1) is 5.92 Å². The van der Waals surface area contributed by atoms with Gasteiger partial charge in [-0.05, 0) is 24.5 Å². The van der Waals surface area contributed by atoms with E-state index in [1.165, 1.54) is 19.0 Å². The van der Waals surface area contributed by atoms with Crippen LogP contribution >= 0.6 is 0 Å². The molecule has 1 aromatic heterocycles. The highest BCUT2D eigenvalue weighted by atomic mass is 16.5. The number of anilines is 1. The number of aromatic nitrogens is 1. The normalized spacial score (nSPS) is 12.1. The largest absolute Gasteiger partial charge is 0.461 e. The number of esters is 1. The molecule has 100 valence electrons. The first-order chi connectivity index (χ1) is 8.67. The Balaban J connectivity index is 2.42. The quantitative estimate of drug-likeness (QED) is 0.755. The van der Waals surface area contributed by atoms with E-state index in [0.29, 0.717) is 23.9 Å². The number of hydrogen-bond donors (Lipinski definition) is 1. The minimum atomic E-state index is -0.370. The van der Waals surface area contributed by atoms with Crippen LogP contribution < -0.4 is 5.73 Å². The van der Waals surface area contributed by atoms with E-state index >= 15 is 0 Å². The number of rotatable bonds is 7. The number of hydrogen-bond acceptors (Lipinski definition) is 4. The molecule has 0 spiro atoms. The molecule has 1 rings (SSSR count). The summed E-state index contributed by atoms with van der Waals surface area (Å²) < 4.78 is 5.28. The van der Waals surface area contributed by atoms with Crippen molar-refractivity contribution in [2.75, 3.05) is 12.3 Å². The van der Waals surface area contributed by atoms with Gasteiger partial charge in [0.15, 0.2) is 0 Å². The lowest BCUT2D eigenvalue weighted by molar-refractivity contribution is 0.0421. The Morgan fingerprint density at radius 2 is 2.22 bits per heavy atom. The summed E-state index contributed by atoms with van der Waals surface area (Å²) in [5.41, 5.74) is 6.37. The number of unbranched alkanes of at least 4 members (excludes halogenated alkanes) is 1. The molecule has 0 saturated heterocycles. The molecule has 0 fully saturated rings. The van der Waals surface area contributed by atoms with Gasteiger partial charge in [-0.15, -0.1) is 0 Å². The van der Waals surface area contributed by atoms with Gasteiger partial charge in [0.1, 0.15) is 5.69 Å². The van der Waals surface area contributed by atoms with E-state index in [0.717, 1.165) is 12.8 Å². The van der Waals surface area contributed by atoms with Gasteiger partial charge in [-0.25, -0.2) is 9.78 Å². The number of pyridine rings is 1. The first kappa shape index (κ1) is 14.5. The molecular weight excluding hydrogens is 228 g/mol. The molecule has 0 radical (unpaired) electrons. The summed E-state index contributed by atoms with van der Waals surface area (Å²) in [5.74, 6) is 0.0765. The lowest BCUT2D eigenvalue weighted by atomic mass is 10.0. The molecule has 0 aliphatic rings. The summed E-state index contributed by atoms with van der Waals surface area (Å²) in [6.45, 7) is 4.76. The molecule has 4 nitrogen and oxygen atoms in total. The van der Waals surface area contributed by atoms with Crippen molar-refractivity contribution < 1.29 is 9.53 Å². The first-order valence-electron chi connectivity index (χ1n) is 6.56. The van der Waals surface area contributed by atoms with Crippen molar-refractivity contribution in [3.8, 4) is 0 Å². The highest BCUT2D eigenvalue weighted by molar-refractivity contribution is 5.87. The molecule has 1 heterocycles. The third-order valence-corrected chi connectivity index (χ3v) is 2.99. The third-order valence-electron chi connectivity index (χ3n) is 2.99. The second-order valence-corrected chi connectivity index (χ2v) is 4.49. The second-order valence-electron chi connectivity index (χ2n) is 4.49. The van der Waals surface area contributed by atoms with E-state index in [1.54, 1.807) is 12.1 Å².